The first-order valence-electron chi connectivity index (χ1n) is 7.37. The van der Waals surface area contributed by atoms with Crippen LogP contribution in [-0.4, -0.2) is 15.3 Å². The molecule has 0 fully saturated rings. The molecule has 1 N–H and O–H groups in total. The maximum atomic E-state index is 12.4. The van der Waals surface area contributed by atoms with E-state index in [9.17, 15) is 9.59 Å². The highest BCUT2D eigenvalue weighted by molar-refractivity contribution is 9.10. The molecule has 7 heteroatoms. The Hall–Kier alpha value is -2.44. The lowest BCUT2D eigenvalue weighted by molar-refractivity contribution is -0.114. The topological polar surface area (TPSA) is 63.5 Å². The minimum absolute atomic E-state index is 0.0571. The van der Waals surface area contributed by atoms with Gasteiger partial charge in [-0.15, -0.1) is 0 Å². The van der Waals surface area contributed by atoms with Crippen LogP contribution < -0.4 is 10.9 Å². The number of amides is 1. The van der Waals surface area contributed by atoms with E-state index in [1.165, 1.54) is 11.3 Å². The SMILES string of the molecule is CC(=O)Nc1ccc(C=Cc2nc3ccc(Br)cn3c(=O)c2Cl)cc1. The van der Waals surface area contributed by atoms with E-state index in [1.807, 2.05) is 18.2 Å². The van der Waals surface area contributed by atoms with Crippen molar-refractivity contribution in [2.24, 2.45) is 0 Å². The summed E-state index contributed by atoms with van der Waals surface area (Å²) in [5.41, 5.74) is 2.20. The summed E-state index contributed by atoms with van der Waals surface area (Å²) in [5, 5.41) is 2.76. The Morgan fingerprint density at radius 2 is 1.92 bits per heavy atom. The molecule has 0 aliphatic rings. The molecular weight excluding hydrogens is 406 g/mol. The number of nitrogens with zero attached hydrogens (tertiary/aromatic N) is 2. The average molecular weight is 419 g/mol. The van der Waals surface area contributed by atoms with E-state index in [-0.39, 0.29) is 16.5 Å². The number of benzene rings is 1. The first-order chi connectivity index (χ1) is 11.9. The van der Waals surface area contributed by atoms with Crippen molar-refractivity contribution in [3.8, 4) is 0 Å². The van der Waals surface area contributed by atoms with E-state index < -0.39 is 0 Å². The number of carbonyl (C=O) groups excluding carboxylic acids is 1. The van der Waals surface area contributed by atoms with Crippen LogP contribution in [0.2, 0.25) is 5.02 Å². The van der Waals surface area contributed by atoms with Crippen molar-refractivity contribution >= 4 is 56.9 Å². The fourth-order valence-corrected chi connectivity index (χ4v) is 2.81. The van der Waals surface area contributed by atoms with Crippen molar-refractivity contribution in [1.82, 2.24) is 9.38 Å². The number of anilines is 1. The van der Waals surface area contributed by atoms with Gasteiger partial charge >= 0.3 is 0 Å². The number of rotatable bonds is 3. The minimum Gasteiger partial charge on any atom is -0.326 e. The zero-order valence-electron chi connectivity index (χ0n) is 13.2. The fourth-order valence-electron chi connectivity index (χ4n) is 2.27. The van der Waals surface area contributed by atoms with Crippen LogP contribution in [0.15, 0.2) is 51.9 Å². The van der Waals surface area contributed by atoms with Gasteiger partial charge in [-0.25, -0.2) is 4.98 Å². The predicted octanol–water partition coefficient (Wildman–Crippen LogP) is 4.24. The smallest absolute Gasteiger partial charge is 0.277 e. The van der Waals surface area contributed by atoms with Gasteiger partial charge in [0.25, 0.3) is 5.56 Å². The third-order valence-electron chi connectivity index (χ3n) is 3.42. The molecule has 3 aromatic rings. The third kappa shape index (κ3) is 3.97. The first-order valence-corrected chi connectivity index (χ1v) is 8.54. The summed E-state index contributed by atoms with van der Waals surface area (Å²) in [4.78, 5) is 27.8. The maximum absolute atomic E-state index is 12.4. The third-order valence-corrected chi connectivity index (χ3v) is 4.25. The van der Waals surface area contributed by atoms with Crippen LogP contribution in [0, 0.1) is 0 Å². The molecule has 3 rings (SSSR count). The zero-order valence-corrected chi connectivity index (χ0v) is 15.5. The van der Waals surface area contributed by atoms with Crippen LogP contribution in [0.3, 0.4) is 0 Å². The molecule has 0 aliphatic heterocycles. The van der Waals surface area contributed by atoms with Gasteiger partial charge in [0, 0.05) is 23.3 Å². The molecule has 1 aromatic carbocycles. The van der Waals surface area contributed by atoms with Gasteiger partial charge in [0.1, 0.15) is 10.7 Å². The maximum Gasteiger partial charge on any atom is 0.277 e. The van der Waals surface area contributed by atoms with E-state index in [0.29, 0.717) is 11.3 Å². The molecule has 0 unspecified atom stereocenters. The highest BCUT2D eigenvalue weighted by atomic mass is 79.9. The van der Waals surface area contributed by atoms with E-state index in [2.05, 4.69) is 26.2 Å². The summed E-state index contributed by atoms with van der Waals surface area (Å²) in [6.07, 6.45) is 5.13. The molecule has 0 radical (unpaired) electrons. The molecule has 0 spiro atoms. The summed E-state index contributed by atoms with van der Waals surface area (Å²) >= 11 is 9.48. The molecule has 25 heavy (non-hydrogen) atoms. The van der Waals surface area contributed by atoms with Crippen molar-refractivity contribution < 1.29 is 4.79 Å². The van der Waals surface area contributed by atoms with Crippen molar-refractivity contribution in [3.05, 3.63) is 73.7 Å². The van der Waals surface area contributed by atoms with Crippen LogP contribution in [0.25, 0.3) is 17.8 Å². The summed E-state index contributed by atoms with van der Waals surface area (Å²) in [6.45, 7) is 1.46. The van der Waals surface area contributed by atoms with E-state index in [4.69, 9.17) is 11.6 Å². The Morgan fingerprint density at radius 3 is 2.60 bits per heavy atom. The molecule has 2 heterocycles. The van der Waals surface area contributed by atoms with Crippen LogP contribution >= 0.6 is 27.5 Å². The van der Waals surface area contributed by atoms with Gasteiger partial charge in [-0.05, 0) is 51.8 Å². The Labute approximate surface area is 157 Å². The number of nitrogens with one attached hydrogen (secondary N) is 1. The lowest BCUT2D eigenvalue weighted by Gasteiger charge is -2.04. The number of aromatic nitrogens is 2. The molecule has 0 aliphatic carbocycles. The van der Waals surface area contributed by atoms with Gasteiger partial charge in [0.2, 0.25) is 5.91 Å². The van der Waals surface area contributed by atoms with Crippen molar-refractivity contribution in [3.63, 3.8) is 0 Å². The van der Waals surface area contributed by atoms with Crippen molar-refractivity contribution in [2.45, 2.75) is 6.92 Å². The number of pyridine rings is 1. The fraction of sp³-hybridized carbons (Fsp3) is 0.0556. The molecule has 126 valence electrons. The first kappa shape index (κ1) is 17.4. The molecule has 0 bridgehead atoms. The van der Waals surface area contributed by atoms with Crippen LogP contribution in [0.5, 0.6) is 0 Å². The molecule has 0 atom stereocenters. The van der Waals surface area contributed by atoms with Gasteiger partial charge in [0.15, 0.2) is 0 Å². The molecule has 2 aromatic heterocycles. The van der Waals surface area contributed by atoms with Gasteiger partial charge in [-0.2, -0.15) is 0 Å². The highest BCUT2D eigenvalue weighted by Gasteiger charge is 2.08. The van der Waals surface area contributed by atoms with Gasteiger partial charge in [-0.1, -0.05) is 29.8 Å². The Balaban J connectivity index is 1.93. The van der Waals surface area contributed by atoms with Crippen LogP contribution in [0.4, 0.5) is 5.69 Å². The van der Waals surface area contributed by atoms with Gasteiger partial charge in [-0.3, -0.25) is 14.0 Å². The van der Waals surface area contributed by atoms with Crippen molar-refractivity contribution in [2.75, 3.05) is 5.32 Å². The van der Waals surface area contributed by atoms with Crippen molar-refractivity contribution in [1.29, 1.82) is 0 Å². The Bertz CT molecular complexity index is 1040. The van der Waals surface area contributed by atoms with E-state index in [0.717, 1.165) is 15.7 Å². The normalized spacial score (nSPS) is 11.2. The summed E-state index contributed by atoms with van der Waals surface area (Å²) in [6, 6.07) is 10.8. The number of fused-ring (bicyclic) bond motifs is 1. The second-order valence-electron chi connectivity index (χ2n) is 5.33. The standard InChI is InChI=1S/C18H13BrClN3O2/c1-11(24)21-14-6-2-12(3-7-14)4-8-15-17(20)18(25)23-10-13(19)5-9-16(23)22-15/h2-10H,1H3,(H,21,24). The monoisotopic (exact) mass is 417 g/mol. The second-order valence-corrected chi connectivity index (χ2v) is 6.62. The molecule has 5 nitrogen and oxygen atoms in total. The number of hydrogen-bond acceptors (Lipinski definition) is 3. The Morgan fingerprint density at radius 1 is 1.20 bits per heavy atom. The lowest BCUT2D eigenvalue weighted by Crippen LogP contribution is -2.16. The van der Waals surface area contributed by atoms with Gasteiger partial charge < -0.3 is 5.32 Å². The molecule has 1 amide bonds. The second kappa shape index (κ2) is 7.21. The minimum atomic E-state index is -0.325. The quantitative estimate of drug-likeness (QED) is 0.692. The summed E-state index contributed by atoms with van der Waals surface area (Å²) < 4.78 is 2.16. The lowest BCUT2D eigenvalue weighted by atomic mass is 10.2. The number of carbonyl (C=O) groups is 1. The van der Waals surface area contributed by atoms with E-state index >= 15 is 0 Å². The molecular formula is C18H13BrClN3O2. The number of halogens is 2. The predicted molar refractivity (Wildman–Crippen MR) is 104 cm³/mol. The molecule has 0 saturated heterocycles. The van der Waals surface area contributed by atoms with Crippen LogP contribution in [-0.2, 0) is 4.79 Å². The highest BCUT2D eigenvalue weighted by Crippen LogP contribution is 2.17. The Kier molecular flexibility index (Phi) is 5.01. The number of hydrogen-bond donors (Lipinski definition) is 1. The van der Waals surface area contributed by atoms with Gasteiger partial charge in [0.05, 0.1) is 5.69 Å². The zero-order chi connectivity index (χ0) is 18.0. The molecule has 0 saturated carbocycles. The summed E-state index contributed by atoms with van der Waals surface area (Å²) in [5.74, 6) is -0.123. The largest absolute Gasteiger partial charge is 0.326 e. The van der Waals surface area contributed by atoms with Crippen LogP contribution in [0.1, 0.15) is 18.2 Å². The average Bonchev–Trinajstić information content (AvgIpc) is 2.58. The summed E-state index contributed by atoms with van der Waals surface area (Å²) in [7, 11) is 0. The van der Waals surface area contributed by atoms with E-state index in [1.54, 1.807) is 36.5 Å².